The van der Waals surface area contributed by atoms with E-state index < -0.39 is 0 Å². The highest BCUT2D eigenvalue weighted by Crippen LogP contribution is 2.29. The van der Waals surface area contributed by atoms with E-state index in [1.54, 1.807) is 12.4 Å². The van der Waals surface area contributed by atoms with Gasteiger partial charge in [0.1, 0.15) is 0 Å². The molecule has 0 aliphatic rings. The van der Waals surface area contributed by atoms with Gasteiger partial charge in [-0.15, -0.1) is 0 Å². The van der Waals surface area contributed by atoms with Crippen molar-refractivity contribution in [2.45, 2.75) is 78.6 Å². The van der Waals surface area contributed by atoms with Gasteiger partial charge in [-0.3, -0.25) is 0 Å². The molecule has 0 radical (unpaired) electrons. The predicted molar refractivity (Wildman–Crippen MR) is 200 cm³/mol. The standard InChI is InChI=1S/C24H30N4.C10H15N.C4H2Cl2N2/c1-23(2,3)17-7-11-19(12-8-17)27-21-22(26-16-15-25-21)28-20-13-9-18(10-14-20)24(4,5)6;1-10(2,3)8-4-6-9(11)7-5-8;5-3-4(6)8-2-1-7-3/h7-16H,1-6H3,(H,25,27)(H,26,28);4-7H,11H2,1-3H3;1-2H. The van der Waals surface area contributed by atoms with Crippen molar-refractivity contribution in [1.29, 1.82) is 0 Å². The van der Waals surface area contributed by atoms with Crippen LogP contribution in [-0.4, -0.2) is 19.9 Å². The van der Waals surface area contributed by atoms with Gasteiger partial charge in [-0.2, -0.15) is 0 Å². The lowest BCUT2D eigenvalue weighted by atomic mass is 9.87. The topological polar surface area (TPSA) is 102 Å². The molecule has 3 aromatic carbocycles. The van der Waals surface area contributed by atoms with E-state index in [1.165, 1.54) is 29.1 Å². The number of nitrogen functional groups attached to an aromatic ring is 1. The van der Waals surface area contributed by atoms with Crippen LogP contribution in [-0.2, 0) is 16.2 Å². The van der Waals surface area contributed by atoms with Crippen molar-refractivity contribution in [3.63, 3.8) is 0 Å². The highest BCUT2D eigenvalue weighted by Gasteiger charge is 2.15. The first-order chi connectivity index (χ1) is 21.9. The van der Waals surface area contributed by atoms with Gasteiger partial charge in [-0.25, -0.2) is 19.9 Å². The number of nitrogens with one attached hydrogen (secondary N) is 2. The van der Waals surface area contributed by atoms with Crippen molar-refractivity contribution in [3.05, 3.63) is 125 Å². The van der Waals surface area contributed by atoms with Gasteiger partial charge < -0.3 is 16.4 Å². The molecule has 7 nitrogen and oxygen atoms in total. The third-order valence-electron chi connectivity index (χ3n) is 7.11. The highest BCUT2D eigenvalue weighted by molar-refractivity contribution is 6.40. The summed E-state index contributed by atoms with van der Waals surface area (Å²) in [5.74, 6) is 1.40. The second kappa shape index (κ2) is 16.1. The maximum atomic E-state index is 5.57. The summed E-state index contributed by atoms with van der Waals surface area (Å²) in [6, 6.07) is 25.0. The Balaban J connectivity index is 0.000000256. The maximum absolute atomic E-state index is 5.57. The lowest BCUT2D eigenvalue weighted by molar-refractivity contribution is 0.590. The molecule has 0 bridgehead atoms. The maximum Gasteiger partial charge on any atom is 0.173 e. The van der Waals surface area contributed by atoms with Crippen LogP contribution in [0.15, 0.2) is 97.6 Å². The summed E-state index contributed by atoms with van der Waals surface area (Å²) in [6.45, 7) is 19.9. The molecule has 4 N–H and O–H groups in total. The fraction of sp³-hybridized carbons (Fsp3) is 0.316. The Hall–Kier alpha value is -4.20. The van der Waals surface area contributed by atoms with E-state index in [9.17, 15) is 0 Å². The summed E-state index contributed by atoms with van der Waals surface area (Å²) in [4.78, 5) is 16.2. The molecule has 2 heterocycles. The summed E-state index contributed by atoms with van der Waals surface area (Å²) in [7, 11) is 0. The summed E-state index contributed by atoms with van der Waals surface area (Å²) >= 11 is 10.8. The minimum absolute atomic E-state index is 0.136. The van der Waals surface area contributed by atoms with Crippen molar-refractivity contribution >= 4 is 51.9 Å². The Morgan fingerprint density at radius 3 is 1.00 bits per heavy atom. The van der Waals surface area contributed by atoms with E-state index >= 15 is 0 Å². The number of anilines is 5. The molecule has 2 aromatic heterocycles. The van der Waals surface area contributed by atoms with E-state index in [0.29, 0.717) is 11.6 Å². The van der Waals surface area contributed by atoms with E-state index in [4.69, 9.17) is 28.9 Å². The number of benzene rings is 3. The van der Waals surface area contributed by atoms with E-state index in [-0.39, 0.29) is 26.6 Å². The van der Waals surface area contributed by atoms with Gasteiger partial charge in [-0.05, 0) is 69.3 Å². The smallest absolute Gasteiger partial charge is 0.173 e. The summed E-state index contributed by atoms with van der Waals surface area (Å²) in [6.07, 6.45) is 6.35. The van der Waals surface area contributed by atoms with Crippen LogP contribution in [0.3, 0.4) is 0 Å². The molecular weight excluding hydrogens is 625 g/mol. The van der Waals surface area contributed by atoms with Crippen molar-refractivity contribution in [2.24, 2.45) is 0 Å². The third kappa shape index (κ3) is 12.2. The van der Waals surface area contributed by atoms with Crippen LogP contribution in [0.5, 0.6) is 0 Å². The average molecular weight is 673 g/mol. The summed E-state index contributed by atoms with van der Waals surface area (Å²) < 4.78 is 0. The van der Waals surface area contributed by atoms with Crippen molar-refractivity contribution in [1.82, 2.24) is 19.9 Å². The second-order valence-corrected chi connectivity index (χ2v) is 14.9. The molecule has 0 atom stereocenters. The Labute approximate surface area is 290 Å². The number of aromatic nitrogens is 4. The van der Waals surface area contributed by atoms with Crippen LogP contribution in [0.4, 0.5) is 28.7 Å². The second-order valence-electron chi connectivity index (χ2n) is 14.2. The fourth-order valence-corrected chi connectivity index (χ4v) is 4.40. The average Bonchev–Trinajstić information content (AvgIpc) is 3.00. The molecule has 0 saturated heterocycles. The molecule has 5 rings (SSSR count). The van der Waals surface area contributed by atoms with Crippen LogP contribution in [0.2, 0.25) is 10.3 Å². The Morgan fingerprint density at radius 1 is 0.447 bits per heavy atom. The number of nitrogens with zero attached hydrogens (tertiary/aromatic N) is 4. The number of rotatable bonds is 4. The molecule has 5 aromatic rings. The molecule has 0 fully saturated rings. The van der Waals surface area contributed by atoms with Crippen LogP contribution in [0.1, 0.15) is 79.0 Å². The molecule has 248 valence electrons. The first-order valence-corrected chi connectivity index (χ1v) is 16.2. The van der Waals surface area contributed by atoms with E-state index in [2.05, 4.69) is 154 Å². The number of hydrogen-bond donors (Lipinski definition) is 3. The molecular formula is C38H47Cl2N7. The monoisotopic (exact) mass is 671 g/mol. The number of hydrogen-bond acceptors (Lipinski definition) is 7. The summed E-state index contributed by atoms with van der Waals surface area (Å²) in [5, 5.41) is 7.23. The van der Waals surface area contributed by atoms with Gasteiger partial charge in [0.25, 0.3) is 0 Å². The van der Waals surface area contributed by atoms with Crippen LogP contribution in [0, 0.1) is 0 Å². The molecule has 0 saturated carbocycles. The molecule has 9 heteroatoms. The first-order valence-electron chi connectivity index (χ1n) is 15.5. The highest BCUT2D eigenvalue weighted by atomic mass is 35.5. The fourth-order valence-electron chi connectivity index (χ4n) is 4.19. The van der Waals surface area contributed by atoms with Gasteiger partial charge in [0.05, 0.1) is 0 Å². The van der Waals surface area contributed by atoms with Crippen LogP contribution < -0.4 is 16.4 Å². The summed E-state index contributed by atoms with van der Waals surface area (Å²) in [5.41, 5.74) is 12.8. The molecule has 0 aliphatic heterocycles. The van der Waals surface area contributed by atoms with Crippen molar-refractivity contribution in [2.75, 3.05) is 16.4 Å². The van der Waals surface area contributed by atoms with E-state index in [1.807, 2.05) is 12.1 Å². The van der Waals surface area contributed by atoms with Gasteiger partial charge in [0.15, 0.2) is 21.9 Å². The van der Waals surface area contributed by atoms with E-state index in [0.717, 1.165) is 17.1 Å². The van der Waals surface area contributed by atoms with Crippen molar-refractivity contribution < 1.29 is 0 Å². The number of halogens is 2. The quantitative estimate of drug-likeness (QED) is 0.163. The molecule has 0 aliphatic carbocycles. The Morgan fingerprint density at radius 2 is 0.723 bits per heavy atom. The SMILES string of the molecule is CC(C)(C)c1ccc(N)cc1.CC(C)(C)c1ccc(Nc2nccnc2Nc2ccc(C(C)(C)C)cc2)cc1.Clc1nccnc1Cl. The zero-order valence-electron chi connectivity index (χ0n) is 28.9. The lowest BCUT2D eigenvalue weighted by Gasteiger charge is -2.20. The molecule has 0 spiro atoms. The van der Waals surface area contributed by atoms with Crippen molar-refractivity contribution in [3.8, 4) is 0 Å². The minimum Gasteiger partial charge on any atom is -0.399 e. The zero-order valence-corrected chi connectivity index (χ0v) is 30.4. The van der Waals surface area contributed by atoms with Gasteiger partial charge in [0, 0.05) is 41.8 Å². The Bertz CT molecular complexity index is 1580. The number of nitrogens with two attached hydrogens (primary N) is 1. The minimum atomic E-state index is 0.136. The van der Waals surface area contributed by atoms with Crippen LogP contribution >= 0.6 is 23.2 Å². The normalized spacial score (nSPS) is 11.4. The first kappa shape index (κ1) is 37.3. The largest absolute Gasteiger partial charge is 0.399 e. The van der Waals surface area contributed by atoms with Gasteiger partial charge in [0.2, 0.25) is 0 Å². The molecule has 47 heavy (non-hydrogen) atoms. The zero-order chi connectivity index (χ0) is 34.8. The Kier molecular flexibility index (Phi) is 12.7. The van der Waals surface area contributed by atoms with Crippen LogP contribution in [0.25, 0.3) is 0 Å². The molecule has 0 unspecified atom stereocenters. The third-order valence-corrected chi connectivity index (χ3v) is 7.76. The van der Waals surface area contributed by atoms with Gasteiger partial charge >= 0.3 is 0 Å². The predicted octanol–water partition coefficient (Wildman–Crippen LogP) is 10.9. The van der Waals surface area contributed by atoms with Gasteiger partial charge in [-0.1, -0.05) is 122 Å². The molecule has 0 amide bonds. The lowest BCUT2D eigenvalue weighted by Crippen LogP contribution is -2.11.